The Kier molecular flexibility index (Phi) is 4.89. The number of rotatable bonds is 5. The van der Waals surface area contributed by atoms with Gasteiger partial charge in [-0.05, 0) is 18.9 Å². The molecular weight excluding hydrogens is 230 g/mol. The van der Waals surface area contributed by atoms with Gasteiger partial charge in [-0.25, -0.2) is 0 Å². The van der Waals surface area contributed by atoms with Gasteiger partial charge in [-0.3, -0.25) is 9.59 Å². The molecule has 0 aliphatic carbocycles. The summed E-state index contributed by atoms with van der Waals surface area (Å²) in [4.78, 5) is 23.7. The SMILES string of the molecule is Cc1ccc(CC(C)C(=O)N(C)CC(=O)O)cc1. The standard InChI is InChI=1S/C14H19NO3/c1-10-4-6-12(7-5-10)8-11(2)14(18)15(3)9-13(16)17/h4-7,11H,8-9H2,1-3H3,(H,16,17). The Labute approximate surface area is 107 Å². The molecule has 1 aromatic carbocycles. The Morgan fingerprint density at radius 1 is 1.28 bits per heavy atom. The number of nitrogens with zero attached hydrogens (tertiary/aromatic N) is 1. The van der Waals surface area contributed by atoms with Crippen LogP contribution in [0.3, 0.4) is 0 Å². The Bertz CT molecular complexity index is 425. The molecule has 1 N–H and O–H groups in total. The van der Waals surface area contributed by atoms with Crippen LogP contribution in [0.1, 0.15) is 18.1 Å². The number of amides is 1. The molecule has 0 radical (unpaired) electrons. The summed E-state index contributed by atoms with van der Waals surface area (Å²) in [6.07, 6.45) is 0.628. The number of carboxylic acid groups (broad SMARTS) is 1. The van der Waals surface area contributed by atoms with E-state index in [-0.39, 0.29) is 18.4 Å². The van der Waals surface area contributed by atoms with Crippen LogP contribution >= 0.6 is 0 Å². The van der Waals surface area contributed by atoms with Crippen LogP contribution in [0, 0.1) is 12.8 Å². The second kappa shape index (κ2) is 6.19. The molecule has 4 nitrogen and oxygen atoms in total. The van der Waals surface area contributed by atoms with Gasteiger partial charge in [0.25, 0.3) is 0 Å². The third-order valence-corrected chi connectivity index (χ3v) is 2.83. The minimum atomic E-state index is -0.992. The number of hydrogen-bond acceptors (Lipinski definition) is 2. The second-order valence-electron chi connectivity index (χ2n) is 4.68. The van der Waals surface area contributed by atoms with Crippen LogP contribution in [0.4, 0.5) is 0 Å². The first-order valence-electron chi connectivity index (χ1n) is 5.92. The number of aliphatic carboxylic acids is 1. The van der Waals surface area contributed by atoms with E-state index in [1.165, 1.54) is 17.5 Å². The molecule has 0 spiro atoms. The zero-order valence-corrected chi connectivity index (χ0v) is 11.0. The maximum Gasteiger partial charge on any atom is 0.323 e. The van der Waals surface area contributed by atoms with E-state index in [0.29, 0.717) is 6.42 Å². The lowest BCUT2D eigenvalue weighted by molar-refractivity contribution is -0.144. The molecule has 1 rings (SSSR count). The summed E-state index contributed by atoms with van der Waals surface area (Å²) >= 11 is 0. The monoisotopic (exact) mass is 249 g/mol. The van der Waals surface area contributed by atoms with Crippen molar-refractivity contribution < 1.29 is 14.7 Å². The van der Waals surface area contributed by atoms with Crippen molar-refractivity contribution in [3.8, 4) is 0 Å². The van der Waals surface area contributed by atoms with Gasteiger partial charge in [0.15, 0.2) is 0 Å². The minimum absolute atomic E-state index is 0.141. The van der Waals surface area contributed by atoms with Gasteiger partial charge < -0.3 is 10.0 Å². The van der Waals surface area contributed by atoms with Crippen LogP contribution in [-0.4, -0.2) is 35.5 Å². The lowest BCUT2D eigenvalue weighted by Gasteiger charge is -2.19. The average Bonchev–Trinajstić information content (AvgIpc) is 2.30. The lowest BCUT2D eigenvalue weighted by Crippen LogP contribution is -2.36. The van der Waals surface area contributed by atoms with E-state index < -0.39 is 5.97 Å². The summed E-state index contributed by atoms with van der Waals surface area (Å²) in [7, 11) is 1.52. The Hall–Kier alpha value is -1.84. The highest BCUT2D eigenvalue weighted by atomic mass is 16.4. The molecule has 0 aliphatic rings. The van der Waals surface area contributed by atoms with Crippen molar-refractivity contribution in [3.63, 3.8) is 0 Å². The predicted molar refractivity (Wildman–Crippen MR) is 69.3 cm³/mol. The third-order valence-electron chi connectivity index (χ3n) is 2.83. The number of carbonyl (C=O) groups is 2. The number of hydrogen-bond donors (Lipinski definition) is 1. The smallest absolute Gasteiger partial charge is 0.323 e. The van der Waals surface area contributed by atoms with Crippen molar-refractivity contribution in [2.24, 2.45) is 5.92 Å². The molecule has 0 bridgehead atoms. The molecule has 0 aromatic heterocycles. The summed E-state index contributed by atoms with van der Waals surface area (Å²) in [5, 5.41) is 8.64. The fourth-order valence-corrected chi connectivity index (χ4v) is 1.82. The molecule has 1 atom stereocenters. The van der Waals surface area contributed by atoms with E-state index in [0.717, 1.165) is 5.56 Å². The highest BCUT2D eigenvalue weighted by Gasteiger charge is 2.19. The maximum absolute atomic E-state index is 11.9. The summed E-state index contributed by atoms with van der Waals surface area (Å²) in [6, 6.07) is 8.01. The van der Waals surface area contributed by atoms with Crippen molar-refractivity contribution in [2.45, 2.75) is 20.3 Å². The van der Waals surface area contributed by atoms with E-state index in [4.69, 9.17) is 5.11 Å². The van der Waals surface area contributed by atoms with Crippen molar-refractivity contribution >= 4 is 11.9 Å². The quantitative estimate of drug-likeness (QED) is 0.864. The number of likely N-dealkylation sites (N-methyl/N-ethyl adjacent to an activating group) is 1. The van der Waals surface area contributed by atoms with Gasteiger partial charge in [0.05, 0.1) is 0 Å². The minimum Gasteiger partial charge on any atom is -0.480 e. The van der Waals surface area contributed by atoms with E-state index in [9.17, 15) is 9.59 Å². The fraction of sp³-hybridized carbons (Fsp3) is 0.429. The second-order valence-corrected chi connectivity index (χ2v) is 4.68. The van der Waals surface area contributed by atoms with Gasteiger partial charge in [-0.2, -0.15) is 0 Å². The molecule has 4 heteroatoms. The highest BCUT2D eigenvalue weighted by Crippen LogP contribution is 2.11. The summed E-state index contributed by atoms with van der Waals surface area (Å²) in [6.45, 7) is 3.58. The molecule has 0 aliphatic heterocycles. The number of aryl methyl sites for hydroxylation is 1. The van der Waals surface area contributed by atoms with E-state index in [2.05, 4.69) is 0 Å². The molecule has 0 heterocycles. The van der Waals surface area contributed by atoms with E-state index in [1.54, 1.807) is 0 Å². The summed E-state index contributed by atoms with van der Waals surface area (Å²) in [5.41, 5.74) is 2.27. The molecular formula is C14H19NO3. The zero-order valence-electron chi connectivity index (χ0n) is 11.0. The molecule has 1 aromatic rings. The van der Waals surface area contributed by atoms with Gasteiger partial charge >= 0.3 is 5.97 Å². The van der Waals surface area contributed by atoms with Gasteiger partial charge in [-0.15, -0.1) is 0 Å². The van der Waals surface area contributed by atoms with Gasteiger partial charge in [0.1, 0.15) is 6.54 Å². The van der Waals surface area contributed by atoms with Gasteiger partial charge in [0, 0.05) is 13.0 Å². The Morgan fingerprint density at radius 3 is 2.33 bits per heavy atom. The third kappa shape index (κ3) is 4.20. The van der Waals surface area contributed by atoms with Crippen molar-refractivity contribution in [3.05, 3.63) is 35.4 Å². The number of carbonyl (C=O) groups excluding carboxylic acids is 1. The van der Waals surface area contributed by atoms with Crippen molar-refractivity contribution in [2.75, 3.05) is 13.6 Å². The molecule has 1 amide bonds. The van der Waals surface area contributed by atoms with Crippen LogP contribution in [0.2, 0.25) is 0 Å². The van der Waals surface area contributed by atoms with E-state index in [1.807, 2.05) is 38.1 Å². The van der Waals surface area contributed by atoms with Crippen LogP contribution in [0.25, 0.3) is 0 Å². The largest absolute Gasteiger partial charge is 0.480 e. The summed E-state index contributed by atoms with van der Waals surface area (Å²) in [5.74, 6) is -1.34. The van der Waals surface area contributed by atoms with E-state index >= 15 is 0 Å². The van der Waals surface area contributed by atoms with Crippen molar-refractivity contribution in [1.29, 1.82) is 0 Å². The first-order valence-corrected chi connectivity index (χ1v) is 5.92. The Balaban J connectivity index is 2.59. The average molecular weight is 249 g/mol. The molecule has 0 saturated heterocycles. The molecule has 18 heavy (non-hydrogen) atoms. The predicted octanol–water partition coefficient (Wildman–Crippen LogP) is 1.72. The fourth-order valence-electron chi connectivity index (χ4n) is 1.82. The molecule has 0 fully saturated rings. The first-order chi connectivity index (χ1) is 8.40. The van der Waals surface area contributed by atoms with Crippen LogP contribution in [-0.2, 0) is 16.0 Å². The van der Waals surface area contributed by atoms with Gasteiger partial charge in [-0.1, -0.05) is 36.8 Å². The van der Waals surface area contributed by atoms with Crippen molar-refractivity contribution in [1.82, 2.24) is 4.90 Å². The topological polar surface area (TPSA) is 57.6 Å². The summed E-state index contributed by atoms with van der Waals surface area (Å²) < 4.78 is 0. The molecule has 1 unspecified atom stereocenters. The number of carboxylic acids is 1. The molecule has 98 valence electrons. The van der Waals surface area contributed by atoms with Crippen LogP contribution in [0.15, 0.2) is 24.3 Å². The normalized spacial score (nSPS) is 11.9. The van der Waals surface area contributed by atoms with Crippen LogP contribution in [0.5, 0.6) is 0 Å². The first kappa shape index (κ1) is 14.2. The maximum atomic E-state index is 11.9. The Morgan fingerprint density at radius 2 is 1.83 bits per heavy atom. The zero-order chi connectivity index (χ0) is 13.7. The molecule has 0 saturated carbocycles. The lowest BCUT2D eigenvalue weighted by atomic mass is 9.99. The highest BCUT2D eigenvalue weighted by molar-refractivity contribution is 5.82. The van der Waals surface area contributed by atoms with Gasteiger partial charge in [0.2, 0.25) is 5.91 Å². The van der Waals surface area contributed by atoms with Crippen LogP contribution < -0.4 is 0 Å². The number of benzene rings is 1.